The molecule has 2 aromatic rings. The molecule has 2 heterocycles. The van der Waals surface area contributed by atoms with E-state index in [9.17, 15) is 67.9 Å². The van der Waals surface area contributed by atoms with Gasteiger partial charge >= 0.3 is 0 Å². The first kappa shape index (κ1) is 78.8. The minimum Gasteiger partial charge on any atom is -0.400 e. The van der Waals surface area contributed by atoms with Gasteiger partial charge in [0.25, 0.3) is 19.2 Å². The van der Waals surface area contributed by atoms with Crippen molar-refractivity contribution in [1.82, 2.24) is 0 Å². The minimum atomic E-state index is -3.55. The van der Waals surface area contributed by atoms with Gasteiger partial charge in [-0.05, 0) is 75.6 Å². The van der Waals surface area contributed by atoms with Crippen molar-refractivity contribution in [2.24, 2.45) is 23.7 Å². The molecule has 0 amide bonds. The molecule has 6 rings (SSSR count). The van der Waals surface area contributed by atoms with Gasteiger partial charge < -0.3 is 104 Å². The molecule has 26 nitrogen and oxygen atoms in total. The number of rotatable bonds is 23. The summed E-state index contributed by atoms with van der Waals surface area (Å²) in [6.45, 7) is 12.4. The van der Waals surface area contributed by atoms with Crippen molar-refractivity contribution in [1.29, 1.82) is 0 Å². The zero-order chi connectivity index (χ0) is 64.5. The molecule has 2 saturated heterocycles. The molecule has 29 heteroatoms. The third-order valence-corrected chi connectivity index (χ3v) is 17.3. The van der Waals surface area contributed by atoms with Gasteiger partial charge in [0, 0.05) is 64.7 Å². The highest BCUT2D eigenvalue weighted by molar-refractivity contribution is 8.13. The second kappa shape index (κ2) is 39.1. The molecule has 4 aliphatic rings. The maximum Gasteiger partial charge on any atom is 0.296 e. The van der Waals surface area contributed by atoms with Crippen molar-refractivity contribution in [2.75, 3.05) is 82.3 Å². The molecule has 0 bridgehead atoms. The summed E-state index contributed by atoms with van der Waals surface area (Å²) >= 11 is 0. The van der Waals surface area contributed by atoms with Crippen LogP contribution in [0.1, 0.15) is 64.5 Å². The van der Waals surface area contributed by atoms with Crippen molar-refractivity contribution in [2.45, 2.75) is 187 Å². The Bertz CT molecular complexity index is 2320. The van der Waals surface area contributed by atoms with Gasteiger partial charge in [-0.1, -0.05) is 63.1 Å². The number of halogens is 1. The van der Waals surface area contributed by atoms with Crippen molar-refractivity contribution in [3.05, 3.63) is 59.7 Å². The molecule has 11 N–H and O–H groups in total. The normalized spacial score (nSPS) is 33.2. The smallest absolute Gasteiger partial charge is 0.296 e. The lowest BCUT2D eigenvalue weighted by molar-refractivity contribution is -0.310. The lowest BCUT2D eigenvalue weighted by atomic mass is 9.80. The van der Waals surface area contributed by atoms with Gasteiger partial charge in [-0.25, -0.2) is 8.42 Å². The molecular formula is C56H97ClO26S2. The van der Waals surface area contributed by atoms with Crippen LogP contribution in [0.25, 0.3) is 0 Å². The van der Waals surface area contributed by atoms with E-state index in [1.165, 1.54) is 38.5 Å². The zero-order valence-electron chi connectivity index (χ0n) is 50.6. The van der Waals surface area contributed by atoms with Crippen LogP contribution in [0.5, 0.6) is 0 Å². The highest BCUT2D eigenvalue weighted by atomic mass is 35.7. The maximum absolute atomic E-state index is 11.1. The first-order valence-electron chi connectivity index (χ1n) is 27.9. The maximum atomic E-state index is 11.1. The number of aliphatic hydroxyl groups is 11. The molecule has 2 aromatic carbocycles. The number of hydrogen-bond donors (Lipinski definition) is 11. The Hall–Kier alpha value is -2.25. The van der Waals surface area contributed by atoms with Gasteiger partial charge in [0.05, 0.1) is 74.4 Å². The first-order valence-corrected chi connectivity index (χ1v) is 31.6. The quantitative estimate of drug-likeness (QED) is 0.0521. The van der Waals surface area contributed by atoms with Crippen LogP contribution in [0.4, 0.5) is 0 Å². The van der Waals surface area contributed by atoms with Gasteiger partial charge in [0.2, 0.25) is 0 Å². The molecular weight excluding hydrogens is 1190 g/mol. The fourth-order valence-corrected chi connectivity index (χ4v) is 10.9. The van der Waals surface area contributed by atoms with Crippen LogP contribution >= 0.6 is 10.7 Å². The topological polar surface area (TPSA) is 392 Å². The third-order valence-electron chi connectivity index (χ3n) is 14.6. The van der Waals surface area contributed by atoms with E-state index >= 15 is 0 Å². The molecule has 0 aromatic heterocycles. The second-order valence-electron chi connectivity index (χ2n) is 21.8. The summed E-state index contributed by atoms with van der Waals surface area (Å²) in [4.78, 5) is 0.334. The SMILES string of the molecule is CC(C)CCOC1OC(COC2C[C@@H](CO)C(O)C(O)C2O)C(O)C(O)C1O.CO.COCC1CC(OCC2OC(OCCC(C)C)C(O)C(OC)C2O)C(O)C(OC)C1OC.COS(=O)(=O)c1ccc(C)cc1.Cc1ccc(S(=O)(=O)Cl)cc1. The van der Waals surface area contributed by atoms with Crippen LogP contribution in [0.2, 0.25) is 0 Å². The lowest BCUT2D eigenvalue weighted by Gasteiger charge is -2.45. The van der Waals surface area contributed by atoms with E-state index in [0.29, 0.717) is 38.1 Å². The Labute approximate surface area is 505 Å². The van der Waals surface area contributed by atoms with E-state index in [4.69, 9.17) is 63.2 Å². The summed E-state index contributed by atoms with van der Waals surface area (Å²) in [5, 5.41) is 108. The van der Waals surface area contributed by atoms with Crippen molar-refractivity contribution >= 4 is 29.9 Å². The molecule has 4 fully saturated rings. The molecule has 20 atom stereocenters. The van der Waals surface area contributed by atoms with Gasteiger partial charge in [-0.2, -0.15) is 8.42 Å². The molecule has 496 valence electrons. The Morgan fingerprint density at radius 1 is 0.506 bits per heavy atom. The summed E-state index contributed by atoms with van der Waals surface area (Å²) < 4.78 is 104. The molecule has 0 radical (unpaired) electrons. The highest BCUT2D eigenvalue weighted by Crippen LogP contribution is 2.34. The van der Waals surface area contributed by atoms with Crippen LogP contribution in [-0.4, -0.2) is 266 Å². The Morgan fingerprint density at radius 2 is 0.929 bits per heavy atom. The fraction of sp³-hybridized carbons (Fsp3) is 0.786. The summed E-state index contributed by atoms with van der Waals surface area (Å²) in [5.74, 6) is 0.113. The molecule has 0 spiro atoms. The molecule has 2 aliphatic heterocycles. The summed E-state index contributed by atoms with van der Waals surface area (Å²) in [5.41, 5.74) is 2.03. The Morgan fingerprint density at radius 3 is 1.35 bits per heavy atom. The summed E-state index contributed by atoms with van der Waals surface area (Å²) in [6, 6.07) is 12.9. The minimum absolute atomic E-state index is 0.0205. The van der Waals surface area contributed by atoms with E-state index < -0.39 is 129 Å². The largest absolute Gasteiger partial charge is 0.400 e. The predicted octanol–water partition coefficient (Wildman–Crippen LogP) is 0.151. The first-order chi connectivity index (χ1) is 40.0. The number of aryl methyl sites for hydroxylation is 2. The average Bonchev–Trinajstić information content (AvgIpc) is 3.11. The van der Waals surface area contributed by atoms with Crippen molar-refractivity contribution in [3.8, 4) is 0 Å². The zero-order valence-corrected chi connectivity index (χ0v) is 53.0. The van der Waals surface area contributed by atoms with Gasteiger partial charge in [-0.3, -0.25) is 4.18 Å². The van der Waals surface area contributed by atoms with Crippen molar-refractivity contribution in [3.63, 3.8) is 0 Å². The Balaban J connectivity index is 0.000000418. The van der Waals surface area contributed by atoms with Crippen LogP contribution in [0, 0.1) is 37.5 Å². The predicted molar refractivity (Wildman–Crippen MR) is 307 cm³/mol. The summed E-state index contributed by atoms with van der Waals surface area (Å²) in [6.07, 6.45) is -16.8. The summed E-state index contributed by atoms with van der Waals surface area (Å²) in [7, 11) is 6.29. The van der Waals surface area contributed by atoms with E-state index in [1.54, 1.807) is 38.5 Å². The number of methoxy groups -OCH3 is 4. The number of ether oxygens (including phenoxy) is 10. The van der Waals surface area contributed by atoms with Crippen molar-refractivity contribution < 1.29 is 125 Å². The van der Waals surface area contributed by atoms with Gasteiger partial charge in [-0.15, -0.1) is 0 Å². The average molecular weight is 1290 g/mol. The monoisotopic (exact) mass is 1280 g/mol. The fourth-order valence-electron chi connectivity index (χ4n) is 9.44. The molecule has 2 saturated carbocycles. The number of hydrogen-bond acceptors (Lipinski definition) is 26. The van der Waals surface area contributed by atoms with Gasteiger partial charge in [0.15, 0.2) is 12.6 Å². The van der Waals surface area contributed by atoms with E-state index in [1.807, 2.05) is 27.7 Å². The number of benzene rings is 2. The number of aliphatic hydroxyl groups excluding tert-OH is 11. The third kappa shape index (κ3) is 24.5. The molecule has 85 heavy (non-hydrogen) atoms. The van der Waals surface area contributed by atoms with E-state index in [2.05, 4.69) is 18.0 Å². The van der Waals surface area contributed by atoms with Gasteiger partial charge in [0.1, 0.15) is 73.2 Å². The van der Waals surface area contributed by atoms with E-state index in [0.717, 1.165) is 38.2 Å². The molecule has 2 aliphatic carbocycles. The van der Waals surface area contributed by atoms with E-state index in [-0.39, 0.29) is 48.1 Å². The van der Waals surface area contributed by atoms with Crippen LogP contribution in [-0.2, 0) is 70.7 Å². The highest BCUT2D eigenvalue weighted by Gasteiger charge is 2.50. The second-order valence-corrected chi connectivity index (χ2v) is 26.0. The molecule has 19 unspecified atom stereocenters. The van der Waals surface area contributed by atoms with Crippen LogP contribution in [0.15, 0.2) is 58.3 Å². The standard InChI is InChI=1S/C22H42O10.C18H34O10.C8H10O3S.C7H7ClO2S.CH4O/c1-12(2)7-8-30-22-18(25)20(28-5)17(24)15(32-22)11-31-14-9-13(10-26-3)19(27-4)21(29-6)16(14)23;1-8(2)3-4-26-18-17(25)16(24)14(22)11(28-18)7-27-10-5-9(6-19)12(20)15(23)13(10)21;1-7-3-5-8(6-4-7)12(9,10)11-2;1-6-2-4-7(5-3-6)11(8,9)10;1-2/h12-25H,7-11H2,1-6H3;8-25H,3-7H2,1-2H3;3-6H,1-2H3;2-5H,1H3;2H,1H3/t;9-,10?,11?,12?,13?,14?,15?,16?,17?,18?;;;/m.0.../s1. The lowest BCUT2D eigenvalue weighted by Crippen LogP contribution is -2.61. The van der Waals surface area contributed by atoms with Crippen LogP contribution < -0.4 is 0 Å². The Kier molecular flexibility index (Phi) is 36.3. The van der Waals surface area contributed by atoms with Crippen LogP contribution in [0.3, 0.4) is 0 Å².